The van der Waals surface area contributed by atoms with Crippen LogP contribution in [0.2, 0.25) is 5.02 Å². The van der Waals surface area contributed by atoms with E-state index < -0.39 is 23.7 Å². The summed E-state index contributed by atoms with van der Waals surface area (Å²) < 4.78 is 19.2. The predicted molar refractivity (Wildman–Crippen MR) is 139 cm³/mol. The standard InChI is InChI=1S/C26H24ClFN4O4/c1-13(2)36-12-22(30-15-7-9-21(28)20(27)11-15)26(35)31-14-6-8-17-19(10-14)16-4-3-5-18(24(29)33)23(16)32-25(17)34/h3-11,13,22,30H,12H2,1-2H3,(H2,29,33)(H,31,35)(H,32,34). The first-order valence-electron chi connectivity index (χ1n) is 11.2. The van der Waals surface area contributed by atoms with Crippen molar-refractivity contribution in [1.82, 2.24) is 4.98 Å². The smallest absolute Gasteiger partial charge is 0.256 e. The van der Waals surface area contributed by atoms with Crippen molar-refractivity contribution in [3.63, 3.8) is 0 Å². The fraction of sp³-hybridized carbons (Fsp3) is 0.192. The van der Waals surface area contributed by atoms with Crippen molar-refractivity contribution in [3.05, 3.63) is 81.4 Å². The number of para-hydroxylation sites is 1. The Balaban J connectivity index is 1.68. The largest absolute Gasteiger partial charge is 0.376 e. The minimum Gasteiger partial charge on any atom is -0.376 e. The second kappa shape index (κ2) is 10.3. The van der Waals surface area contributed by atoms with Gasteiger partial charge in [-0.3, -0.25) is 14.4 Å². The van der Waals surface area contributed by atoms with Crippen molar-refractivity contribution in [2.75, 3.05) is 17.2 Å². The van der Waals surface area contributed by atoms with Gasteiger partial charge in [0.05, 0.1) is 28.8 Å². The molecule has 10 heteroatoms. The Bertz CT molecular complexity index is 1540. The lowest BCUT2D eigenvalue weighted by molar-refractivity contribution is -0.118. The van der Waals surface area contributed by atoms with Crippen LogP contribution in [0, 0.1) is 5.82 Å². The monoisotopic (exact) mass is 510 g/mol. The lowest BCUT2D eigenvalue weighted by Gasteiger charge is -2.21. The number of anilines is 2. The first-order chi connectivity index (χ1) is 17.1. The van der Waals surface area contributed by atoms with Gasteiger partial charge in [0.1, 0.15) is 11.9 Å². The van der Waals surface area contributed by atoms with E-state index in [0.717, 1.165) is 0 Å². The zero-order valence-corrected chi connectivity index (χ0v) is 20.3. The number of benzene rings is 3. The van der Waals surface area contributed by atoms with Crippen molar-refractivity contribution >= 4 is 56.5 Å². The third-order valence-electron chi connectivity index (χ3n) is 5.56. The molecule has 36 heavy (non-hydrogen) atoms. The summed E-state index contributed by atoms with van der Waals surface area (Å²) in [5.74, 6) is -1.65. The van der Waals surface area contributed by atoms with Crippen LogP contribution in [0.3, 0.4) is 0 Å². The van der Waals surface area contributed by atoms with Crippen LogP contribution in [-0.4, -0.2) is 35.6 Å². The minimum absolute atomic E-state index is 0.0383. The number of aromatic nitrogens is 1. The van der Waals surface area contributed by atoms with Crippen LogP contribution in [0.4, 0.5) is 15.8 Å². The van der Waals surface area contributed by atoms with E-state index in [1.807, 2.05) is 13.8 Å². The van der Waals surface area contributed by atoms with Gasteiger partial charge in [0, 0.05) is 22.1 Å². The molecule has 0 bridgehead atoms. The first kappa shape index (κ1) is 25.2. The van der Waals surface area contributed by atoms with Gasteiger partial charge in [-0.25, -0.2) is 4.39 Å². The summed E-state index contributed by atoms with van der Waals surface area (Å²) in [6.45, 7) is 3.72. The fourth-order valence-corrected chi connectivity index (χ4v) is 4.01. The zero-order valence-electron chi connectivity index (χ0n) is 19.5. The molecule has 0 aliphatic rings. The number of rotatable bonds is 8. The topological polar surface area (TPSA) is 126 Å². The van der Waals surface area contributed by atoms with Gasteiger partial charge in [-0.15, -0.1) is 0 Å². The molecule has 4 rings (SSSR count). The van der Waals surface area contributed by atoms with E-state index in [-0.39, 0.29) is 28.9 Å². The first-order valence-corrected chi connectivity index (χ1v) is 11.5. The zero-order chi connectivity index (χ0) is 26.0. The van der Waals surface area contributed by atoms with Gasteiger partial charge in [0.2, 0.25) is 5.91 Å². The van der Waals surface area contributed by atoms with Gasteiger partial charge in [-0.1, -0.05) is 23.7 Å². The second-order valence-corrected chi connectivity index (χ2v) is 8.91. The highest BCUT2D eigenvalue weighted by atomic mass is 35.5. The molecule has 2 amide bonds. The van der Waals surface area contributed by atoms with E-state index >= 15 is 0 Å². The number of nitrogens with one attached hydrogen (secondary N) is 3. The van der Waals surface area contributed by atoms with Gasteiger partial charge >= 0.3 is 0 Å². The van der Waals surface area contributed by atoms with E-state index in [1.165, 1.54) is 24.3 Å². The molecule has 0 saturated heterocycles. The van der Waals surface area contributed by atoms with Crippen LogP contribution in [0.5, 0.6) is 0 Å². The van der Waals surface area contributed by atoms with E-state index in [9.17, 15) is 18.8 Å². The van der Waals surface area contributed by atoms with E-state index in [0.29, 0.717) is 33.1 Å². The Labute approximate surface area is 210 Å². The normalized spacial score (nSPS) is 12.1. The van der Waals surface area contributed by atoms with Crippen LogP contribution >= 0.6 is 11.6 Å². The average molecular weight is 511 g/mol. The maximum Gasteiger partial charge on any atom is 0.256 e. The molecule has 1 atom stereocenters. The number of hydrogen-bond acceptors (Lipinski definition) is 5. The Morgan fingerprint density at radius 1 is 1.06 bits per heavy atom. The summed E-state index contributed by atoms with van der Waals surface area (Å²) in [4.78, 5) is 40.4. The third kappa shape index (κ3) is 5.32. The molecule has 4 aromatic rings. The average Bonchev–Trinajstić information content (AvgIpc) is 2.83. The summed E-state index contributed by atoms with van der Waals surface area (Å²) in [5.41, 5.74) is 6.47. The summed E-state index contributed by atoms with van der Waals surface area (Å²) in [6.07, 6.45) is -0.128. The Hall–Kier alpha value is -3.95. The number of primary amides is 1. The number of aromatic amines is 1. The van der Waals surface area contributed by atoms with Crippen molar-refractivity contribution < 1.29 is 18.7 Å². The molecule has 0 fully saturated rings. The number of halogens is 2. The number of ether oxygens (including phenoxy) is 1. The summed E-state index contributed by atoms with van der Waals surface area (Å²) in [6, 6.07) is 13.0. The quantitative estimate of drug-likeness (QED) is 0.261. The molecule has 1 aromatic heterocycles. The highest BCUT2D eigenvalue weighted by Gasteiger charge is 2.21. The maximum absolute atomic E-state index is 13.6. The van der Waals surface area contributed by atoms with Gasteiger partial charge in [-0.2, -0.15) is 0 Å². The molecule has 3 aromatic carbocycles. The van der Waals surface area contributed by atoms with Crippen LogP contribution in [-0.2, 0) is 9.53 Å². The Morgan fingerprint density at radius 3 is 2.50 bits per heavy atom. The van der Waals surface area contributed by atoms with Gasteiger partial charge in [0.15, 0.2) is 0 Å². The molecule has 0 aliphatic heterocycles. The van der Waals surface area contributed by atoms with Crippen molar-refractivity contribution in [2.24, 2.45) is 5.73 Å². The SMILES string of the molecule is CC(C)OCC(Nc1ccc(F)c(Cl)c1)C(=O)Nc1ccc2c(=O)[nH]c3c(C(N)=O)cccc3c2c1. The van der Waals surface area contributed by atoms with E-state index in [1.54, 1.807) is 30.3 Å². The molecule has 5 N–H and O–H groups in total. The number of nitrogens with two attached hydrogens (primary N) is 1. The van der Waals surface area contributed by atoms with Gasteiger partial charge in [0.25, 0.3) is 11.5 Å². The lowest BCUT2D eigenvalue weighted by atomic mass is 10.0. The van der Waals surface area contributed by atoms with Gasteiger partial charge in [-0.05, 0) is 61.7 Å². The number of carbonyl (C=O) groups is 2. The van der Waals surface area contributed by atoms with Crippen LogP contribution < -0.4 is 21.9 Å². The number of fused-ring (bicyclic) bond motifs is 3. The highest BCUT2D eigenvalue weighted by molar-refractivity contribution is 6.31. The van der Waals surface area contributed by atoms with Crippen molar-refractivity contribution in [1.29, 1.82) is 0 Å². The number of amides is 2. The molecule has 0 aliphatic carbocycles. The van der Waals surface area contributed by atoms with Crippen molar-refractivity contribution in [3.8, 4) is 0 Å². The highest BCUT2D eigenvalue weighted by Crippen LogP contribution is 2.26. The summed E-state index contributed by atoms with van der Waals surface area (Å²) >= 11 is 5.88. The molecule has 186 valence electrons. The molecule has 0 saturated carbocycles. The second-order valence-electron chi connectivity index (χ2n) is 8.50. The predicted octanol–water partition coefficient (Wildman–Crippen LogP) is 4.42. The Morgan fingerprint density at radius 2 is 1.81 bits per heavy atom. The van der Waals surface area contributed by atoms with Gasteiger partial charge < -0.3 is 26.1 Å². The number of H-pyrrole nitrogens is 1. The third-order valence-corrected chi connectivity index (χ3v) is 5.85. The minimum atomic E-state index is -0.831. The number of hydrogen-bond donors (Lipinski definition) is 4. The molecule has 0 radical (unpaired) electrons. The molecule has 0 spiro atoms. The molecular formula is C26H24ClFN4O4. The number of pyridine rings is 1. The summed E-state index contributed by atoms with van der Waals surface area (Å²) in [7, 11) is 0. The molecular weight excluding hydrogens is 487 g/mol. The van der Waals surface area contributed by atoms with Crippen LogP contribution in [0.15, 0.2) is 59.4 Å². The van der Waals surface area contributed by atoms with Crippen LogP contribution in [0.1, 0.15) is 24.2 Å². The lowest BCUT2D eigenvalue weighted by Crippen LogP contribution is -2.39. The molecule has 1 heterocycles. The van der Waals surface area contributed by atoms with E-state index in [2.05, 4.69) is 15.6 Å². The Kier molecular flexibility index (Phi) is 7.23. The van der Waals surface area contributed by atoms with E-state index in [4.69, 9.17) is 22.1 Å². The maximum atomic E-state index is 13.6. The van der Waals surface area contributed by atoms with Crippen LogP contribution in [0.25, 0.3) is 21.7 Å². The fourth-order valence-electron chi connectivity index (χ4n) is 3.83. The summed E-state index contributed by atoms with van der Waals surface area (Å²) in [5, 5.41) is 7.32. The molecule has 8 nitrogen and oxygen atoms in total. The molecule has 1 unspecified atom stereocenters. The van der Waals surface area contributed by atoms with Crippen molar-refractivity contribution in [2.45, 2.75) is 26.0 Å². The number of carbonyl (C=O) groups excluding carboxylic acids is 2.